The first-order chi connectivity index (χ1) is 14.2. The molecule has 0 spiro atoms. The van der Waals surface area contributed by atoms with Crippen molar-refractivity contribution >= 4 is 29.5 Å². The maximum absolute atomic E-state index is 5.51. The highest BCUT2D eigenvalue weighted by Gasteiger charge is 2.22. The van der Waals surface area contributed by atoms with Gasteiger partial charge in [0.25, 0.3) is 11.8 Å². The third-order valence-electron chi connectivity index (χ3n) is 4.64. The number of morpholine rings is 1. The lowest BCUT2D eigenvalue weighted by Gasteiger charge is -2.28. The smallest absolute Gasteiger partial charge is 0.276 e. The van der Waals surface area contributed by atoms with Crippen LogP contribution >= 0.6 is 12.6 Å². The van der Waals surface area contributed by atoms with E-state index >= 15 is 0 Å². The molecule has 4 aromatic rings. The Bertz CT molecular complexity index is 1150. The van der Waals surface area contributed by atoms with E-state index < -0.39 is 0 Å². The molecule has 1 saturated heterocycles. The molecular weight excluding hydrogens is 392 g/mol. The van der Waals surface area contributed by atoms with Gasteiger partial charge in [0.2, 0.25) is 0 Å². The summed E-state index contributed by atoms with van der Waals surface area (Å²) in [6.07, 6.45) is 3.51. The first kappa shape index (κ1) is 18.0. The predicted octanol–water partition coefficient (Wildman–Crippen LogP) is 1.84. The zero-order chi connectivity index (χ0) is 19.8. The van der Waals surface area contributed by atoms with Crippen LogP contribution in [0.15, 0.2) is 29.0 Å². The molecule has 0 unspecified atom stereocenters. The molecule has 29 heavy (non-hydrogen) atoms. The van der Waals surface area contributed by atoms with Gasteiger partial charge in [-0.3, -0.25) is 0 Å². The second-order valence-electron chi connectivity index (χ2n) is 6.57. The van der Waals surface area contributed by atoms with E-state index in [9.17, 15) is 0 Å². The molecule has 10 nitrogen and oxygen atoms in total. The number of aromatic nitrogens is 7. The van der Waals surface area contributed by atoms with E-state index in [0.29, 0.717) is 60.9 Å². The van der Waals surface area contributed by atoms with E-state index in [-0.39, 0.29) is 0 Å². The van der Waals surface area contributed by atoms with Gasteiger partial charge in [-0.05, 0) is 24.6 Å². The maximum Gasteiger partial charge on any atom is 0.276 e. The average Bonchev–Trinajstić information content (AvgIpc) is 3.45. The van der Waals surface area contributed by atoms with E-state index in [2.05, 4.69) is 32.8 Å². The molecule has 0 saturated carbocycles. The number of ether oxygens (including phenoxy) is 1. The highest BCUT2D eigenvalue weighted by molar-refractivity contribution is 7.79. The first-order valence-corrected chi connectivity index (χ1v) is 9.82. The monoisotopic (exact) mass is 410 g/mol. The second-order valence-corrected chi connectivity index (χ2v) is 6.88. The topological polar surface area (TPSA) is 108 Å². The SMILES string of the molecule is Cc1noc(-c2cc(CS)c3nc(-n4cccn4)nc(N4CCOCC4)c3n2)n1. The fraction of sp³-hybridized carbons (Fsp3) is 0.333. The highest BCUT2D eigenvalue weighted by atomic mass is 32.1. The van der Waals surface area contributed by atoms with Crippen molar-refractivity contribution in [3.63, 3.8) is 0 Å². The minimum absolute atomic E-state index is 0.358. The summed E-state index contributed by atoms with van der Waals surface area (Å²) < 4.78 is 12.5. The Balaban J connectivity index is 1.77. The van der Waals surface area contributed by atoms with Crippen molar-refractivity contribution in [2.24, 2.45) is 0 Å². The minimum atomic E-state index is 0.358. The predicted molar refractivity (Wildman–Crippen MR) is 108 cm³/mol. The lowest BCUT2D eigenvalue weighted by Crippen LogP contribution is -2.37. The summed E-state index contributed by atoms with van der Waals surface area (Å²) in [5, 5.41) is 8.15. The molecule has 1 aliphatic rings. The van der Waals surface area contributed by atoms with Gasteiger partial charge in [-0.15, -0.1) is 0 Å². The number of nitrogens with zero attached hydrogens (tertiary/aromatic N) is 8. The van der Waals surface area contributed by atoms with E-state index in [1.54, 1.807) is 17.8 Å². The summed E-state index contributed by atoms with van der Waals surface area (Å²) in [7, 11) is 0. The first-order valence-electron chi connectivity index (χ1n) is 9.19. The Morgan fingerprint density at radius 1 is 1.10 bits per heavy atom. The Hall–Kier alpha value is -3.05. The van der Waals surface area contributed by atoms with Crippen molar-refractivity contribution in [1.29, 1.82) is 0 Å². The number of aryl methyl sites for hydroxylation is 1. The Labute approximate surface area is 171 Å². The summed E-state index contributed by atoms with van der Waals surface area (Å²) >= 11 is 4.51. The van der Waals surface area contributed by atoms with Gasteiger partial charge in [-0.25, -0.2) is 14.6 Å². The molecule has 11 heteroatoms. The number of pyridine rings is 1. The summed E-state index contributed by atoms with van der Waals surface area (Å²) in [6, 6.07) is 3.71. The van der Waals surface area contributed by atoms with Crippen molar-refractivity contribution in [2.75, 3.05) is 31.2 Å². The Morgan fingerprint density at radius 3 is 2.66 bits per heavy atom. The summed E-state index contributed by atoms with van der Waals surface area (Å²) in [6.45, 7) is 4.46. The third kappa shape index (κ3) is 3.32. The molecule has 1 aliphatic heterocycles. The van der Waals surface area contributed by atoms with Crippen LogP contribution in [-0.2, 0) is 10.5 Å². The van der Waals surface area contributed by atoms with Gasteiger partial charge >= 0.3 is 0 Å². The van der Waals surface area contributed by atoms with Crippen LogP contribution in [0.2, 0.25) is 0 Å². The molecule has 0 aromatic carbocycles. The van der Waals surface area contributed by atoms with Crippen LogP contribution in [0, 0.1) is 6.92 Å². The van der Waals surface area contributed by atoms with Gasteiger partial charge in [0.1, 0.15) is 16.7 Å². The normalized spacial score (nSPS) is 14.6. The van der Waals surface area contributed by atoms with Crippen LogP contribution in [0.5, 0.6) is 0 Å². The van der Waals surface area contributed by atoms with E-state index in [1.165, 1.54) is 0 Å². The molecule has 4 aromatic heterocycles. The van der Waals surface area contributed by atoms with Crippen molar-refractivity contribution in [2.45, 2.75) is 12.7 Å². The number of thiol groups is 1. The molecule has 1 fully saturated rings. The van der Waals surface area contributed by atoms with Gasteiger partial charge in [-0.2, -0.15) is 27.7 Å². The molecule has 0 radical (unpaired) electrons. The molecule has 148 valence electrons. The molecule has 0 atom stereocenters. The van der Waals surface area contributed by atoms with Gasteiger partial charge in [-0.1, -0.05) is 5.16 Å². The Kier molecular flexibility index (Phi) is 4.60. The zero-order valence-corrected chi connectivity index (χ0v) is 16.6. The molecule has 5 heterocycles. The van der Waals surface area contributed by atoms with Gasteiger partial charge in [0.05, 0.1) is 13.2 Å². The van der Waals surface area contributed by atoms with E-state index in [4.69, 9.17) is 24.2 Å². The molecule has 0 aliphatic carbocycles. The molecule has 0 amide bonds. The van der Waals surface area contributed by atoms with Crippen LogP contribution < -0.4 is 4.90 Å². The number of rotatable bonds is 4. The van der Waals surface area contributed by atoms with Gasteiger partial charge in [0, 0.05) is 31.2 Å². The quantitative estimate of drug-likeness (QED) is 0.504. The molecule has 5 rings (SSSR count). The summed E-state index contributed by atoms with van der Waals surface area (Å²) in [4.78, 5) is 20.8. The zero-order valence-electron chi connectivity index (χ0n) is 15.7. The van der Waals surface area contributed by atoms with Crippen molar-refractivity contribution in [3.8, 4) is 17.5 Å². The fourth-order valence-electron chi connectivity index (χ4n) is 3.26. The number of hydrogen-bond donors (Lipinski definition) is 1. The lowest BCUT2D eigenvalue weighted by atomic mass is 10.1. The minimum Gasteiger partial charge on any atom is -0.378 e. The average molecular weight is 410 g/mol. The van der Waals surface area contributed by atoms with Crippen molar-refractivity contribution < 1.29 is 9.26 Å². The van der Waals surface area contributed by atoms with Crippen molar-refractivity contribution in [1.82, 2.24) is 34.9 Å². The van der Waals surface area contributed by atoms with Crippen LogP contribution in [-0.4, -0.2) is 61.2 Å². The largest absolute Gasteiger partial charge is 0.378 e. The Morgan fingerprint density at radius 2 is 1.97 bits per heavy atom. The van der Waals surface area contributed by atoms with Crippen LogP contribution in [0.1, 0.15) is 11.4 Å². The third-order valence-corrected chi connectivity index (χ3v) is 4.98. The summed E-state index contributed by atoms with van der Waals surface area (Å²) in [5.74, 6) is 2.58. The van der Waals surface area contributed by atoms with E-state index in [1.807, 2.05) is 18.3 Å². The molecular formula is C18H18N8O2S. The van der Waals surface area contributed by atoms with E-state index in [0.717, 1.165) is 16.9 Å². The van der Waals surface area contributed by atoms with Crippen LogP contribution in [0.25, 0.3) is 28.6 Å². The molecule has 0 N–H and O–H groups in total. The fourth-order valence-corrected chi connectivity index (χ4v) is 3.50. The molecule has 0 bridgehead atoms. The van der Waals surface area contributed by atoms with Gasteiger partial charge < -0.3 is 14.2 Å². The lowest BCUT2D eigenvalue weighted by molar-refractivity contribution is 0.122. The number of fused-ring (bicyclic) bond motifs is 1. The van der Waals surface area contributed by atoms with Gasteiger partial charge in [0.15, 0.2) is 11.6 Å². The van der Waals surface area contributed by atoms with Crippen LogP contribution in [0.3, 0.4) is 0 Å². The summed E-state index contributed by atoms with van der Waals surface area (Å²) in [5.41, 5.74) is 2.86. The number of anilines is 1. The second kappa shape index (κ2) is 7.41. The maximum atomic E-state index is 5.51. The number of hydrogen-bond acceptors (Lipinski definition) is 10. The van der Waals surface area contributed by atoms with Crippen molar-refractivity contribution in [3.05, 3.63) is 35.9 Å². The van der Waals surface area contributed by atoms with Crippen LogP contribution in [0.4, 0.5) is 5.82 Å². The standard InChI is InChI=1S/C18H18N8O2S/c1-11-20-17(28-24-11)13-9-12(10-29)14-15(21-13)16(25-5-7-27-8-6-25)23-18(22-14)26-4-2-3-19-26/h2-4,9,29H,5-8,10H2,1H3. The highest BCUT2D eigenvalue weighted by Crippen LogP contribution is 2.30.